The molecule has 0 fully saturated rings. The maximum Gasteiger partial charge on any atom is 0.349 e. The molecule has 0 aromatic heterocycles. The lowest BCUT2D eigenvalue weighted by Crippen LogP contribution is -2.29. The van der Waals surface area contributed by atoms with Crippen LogP contribution in [0.1, 0.15) is 32.4 Å². The van der Waals surface area contributed by atoms with Crippen LogP contribution in [0.3, 0.4) is 0 Å². The van der Waals surface area contributed by atoms with Crippen molar-refractivity contribution in [2.24, 2.45) is 0 Å². The Hall–Kier alpha value is -3.93. The topological polar surface area (TPSA) is 83.9 Å². The number of carbonyl (C=O) groups is 3. The molecular weight excluding hydrogens is 358 g/mol. The smallest absolute Gasteiger partial charge is 0.349 e. The van der Waals surface area contributed by atoms with E-state index >= 15 is 0 Å². The molecule has 1 unspecified atom stereocenters. The molecule has 3 aromatic rings. The molecule has 1 aliphatic heterocycles. The highest BCUT2D eigenvalue weighted by Crippen LogP contribution is 2.30. The van der Waals surface area contributed by atoms with E-state index in [1.54, 1.807) is 66.7 Å². The molecule has 0 aliphatic carbocycles. The molecule has 0 radical (unpaired) electrons. The molecule has 6 nitrogen and oxygen atoms in total. The third-order valence-electron chi connectivity index (χ3n) is 4.47. The Morgan fingerprint density at radius 1 is 0.786 bits per heavy atom. The number of aliphatic carboxylic acids is 1. The summed E-state index contributed by atoms with van der Waals surface area (Å²) in [5.41, 5.74) is 1.63. The second kappa shape index (κ2) is 7.00. The van der Waals surface area contributed by atoms with Gasteiger partial charge in [0.1, 0.15) is 5.75 Å². The molecule has 0 bridgehead atoms. The Morgan fingerprint density at radius 2 is 1.32 bits per heavy atom. The van der Waals surface area contributed by atoms with E-state index in [1.807, 2.05) is 0 Å². The number of rotatable bonds is 5. The number of carboxylic acids is 1. The van der Waals surface area contributed by atoms with Crippen LogP contribution >= 0.6 is 0 Å². The summed E-state index contributed by atoms with van der Waals surface area (Å²) in [6, 6.07) is 21.4. The van der Waals surface area contributed by atoms with Gasteiger partial charge in [0.05, 0.1) is 16.8 Å². The average molecular weight is 373 g/mol. The second-order valence-corrected chi connectivity index (χ2v) is 6.23. The molecule has 1 heterocycles. The van der Waals surface area contributed by atoms with Crippen LogP contribution in [0.4, 0.5) is 5.69 Å². The first-order valence-corrected chi connectivity index (χ1v) is 8.58. The maximum absolute atomic E-state index is 12.5. The molecule has 2 amide bonds. The summed E-state index contributed by atoms with van der Waals surface area (Å²) in [5.74, 6) is -1.57. The monoisotopic (exact) mass is 373 g/mol. The number of benzene rings is 3. The molecule has 28 heavy (non-hydrogen) atoms. The van der Waals surface area contributed by atoms with Gasteiger partial charge in [0.2, 0.25) is 6.10 Å². The first-order valence-electron chi connectivity index (χ1n) is 8.58. The minimum absolute atomic E-state index is 0.316. The molecule has 6 heteroatoms. The fourth-order valence-electron chi connectivity index (χ4n) is 3.12. The number of carboxylic acid groups (broad SMARTS) is 1. The lowest BCUT2D eigenvalue weighted by Gasteiger charge is -2.17. The predicted octanol–water partition coefficient (Wildman–Crippen LogP) is 3.69. The summed E-state index contributed by atoms with van der Waals surface area (Å²) >= 11 is 0. The Bertz CT molecular complexity index is 1020. The van der Waals surface area contributed by atoms with Crippen molar-refractivity contribution >= 4 is 23.5 Å². The summed E-state index contributed by atoms with van der Waals surface area (Å²) in [6.07, 6.45) is -1.16. The van der Waals surface area contributed by atoms with Gasteiger partial charge in [-0.15, -0.1) is 0 Å². The summed E-state index contributed by atoms with van der Waals surface area (Å²) in [5, 5.41) is 9.46. The molecule has 1 atom stereocenters. The van der Waals surface area contributed by atoms with E-state index in [9.17, 15) is 19.5 Å². The normalized spacial score (nSPS) is 13.9. The number of amides is 2. The molecule has 1 aliphatic rings. The van der Waals surface area contributed by atoms with Crippen molar-refractivity contribution in [2.75, 3.05) is 4.90 Å². The molecule has 0 saturated heterocycles. The van der Waals surface area contributed by atoms with E-state index in [2.05, 4.69) is 0 Å². The zero-order chi connectivity index (χ0) is 19.7. The summed E-state index contributed by atoms with van der Waals surface area (Å²) in [6.45, 7) is 0. The van der Waals surface area contributed by atoms with Gasteiger partial charge in [-0.1, -0.05) is 42.5 Å². The molecule has 1 N–H and O–H groups in total. The van der Waals surface area contributed by atoms with E-state index < -0.39 is 12.1 Å². The fraction of sp³-hybridized carbons (Fsp3) is 0.0455. The molecule has 0 saturated carbocycles. The van der Waals surface area contributed by atoms with Gasteiger partial charge in [0.25, 0.3) is 11.8 Å². The van der Waals surface area contributed by atoms with Gasteiger partial charge in [-0.3, -0.25) is 9.59 Å². The number of nitrogens with zero attached hydrogens (tertiary/aromatic N) is 1. The first-order chi connectivity index (χ1) is 13.6. The predicted molar refractivity (Wildman–Crippen MR) is 101 cm³/mol. The van der Waals surface area contributed by atoms with Gasteiger partial charge in [-0.2, -0.15) is 0 Å². The van der Waals surface area contributed by atoms with Gasteiger partial charge in [0, 0.05) is 5.56 Å². The van der Waals surface area contributed by atoms with Crippen molar-refractivity contribution in [2.45, 2.75) is 6.10 Å². The summed E-state index contributed by atoms with van der Waals surface area (Å²) in [7, 11) is 0. The summed E-state index contributed by atoms with van der Waals surface area (Å²) in [4.78, 5) is 37.7. The second-order valence-electron chi connectivity index (χ2n) is 6.23. The Kier molecular flexibility index (Phi) is 4.37. The first kappa shape index (κ1) is 17.5. The van der Waals surface area contributed by atoms with Gasteiger partial charge >= 0.3 is 5.97 Å². The molecule has 4 rings (SSSR count). The number of hydrogen-bond donors (Lipinski definition) is 1. The molecule has 3 aromatic carbocycles. The maximum atomic E-state index is 12.5. The number of fused-ring (bicyclic) bond motifs is 1. The van der Waals surface area contributed by atoms with Crippen molar-refractivity contribution in [1.82, 2.24) is 0 Å². The Labute approximate surface area is 160 Å². The molecule has 0 spiro atoms. The minimum atomic E-state index is -1.16. The van der Waals surface area contributed by atoms with E-state index in [-0.39, 0.29) is 11.8 Å². The standard InChI is InChI=1S/C22H15NO5/c24-20-17-8-4-5-9-18(17)21(25)23(20)15-10-12-16(13-11-15)28-19(22(26)27)14-6-2-1-3-7-14/h1-13,19H,(H,26,27). The van der Waals surface area contributed by atoms with E-state index in [0.29, 0.717) is 28.1 Å². The zero-order valence-corrected chi connectivity index (χ0v) is 14.6. The van der Waals surface area contributed by atoms with Crippen molar-refractivity contribution in [3.05, 3.63) is 95.6 Å². The van der Waals surface area contributed by atoms with Crippen LogP contribution in [0.15, 0.2) is 78.9 Å². The molecule has 138 valence electrons. The third kappa shape index (κ3) is 3.01. The van der Waals surface area contributed by atoms with Crippen molar-refractivity contribution in [1.29, 1.82) is 0 Å². The number of ether oxygens (including phenoxy) is 1. The van der Waals surface area contributed by atoms with Crippen LogP contribution in [0.2, 0.25) is 0 Å². The van der Waals surface area contributed by atoms with Gasteiger partial charge in [-0.05, 0) is 36.4 Å². The molecular formula is C22H15NO5. The van der Waals surface area contributed by atoms with Gasteiger partial charge < -0.3 is 9.84 Å². The van der Waals surface area contributed by atoms with Crippen LogP contribution in [0.25, 0.3) is 0 Å². The average Bonchev–Trinajstić information content (AvgIpc) is 2.98. The van der Waals surface area contributed by atoms with E-state index in [1.165, 1.54) is 12.1 Å². The Balaban J connectivity index is 1.57. The zero-order valence-electron chi connectivity index (χ0n) is 14.6. The van der Waals surface area contributed by atoms with Crippen molar-refractivity contribution in [3.8, 4) is 5.75 Å². The van der Waals surface area contributed by atoms with Gasteiger partial charge in [-0.25, -0.2) is 9.69 Å². The fourth-order valence-corrected chi connectivity index (χ4v) is 3.12. The van der Waals surface area contributed by atoms with Gasteiger partial charge in [0.15, 0.2) is 0 Å². The highest BCUT2D eigenvalue weighted by Gasteiger charge is 2.36. The number of hydrogen-bond acceptors (Lipinski definition) is 4. The van der Waals surface area contributed by atoms with E-state index in [4.69, 9.17) is 4.74 Å². The lowest BCUT2D eigenvalue weighted by molar-refractivity contribution is -0.145. The summed E-state index contributed by atoms with van der Waals surface area (Å²) < 4.78 is 5.61. The van der Waals surface area contributed by atoms with Crippen LogP contribution < -0.4 is 9.64 Å². The number of carbonyl (C=O) groups excluding carboxylic acids is 2. The number of imide groups is 1. The quantitative estimate of drug-likeness (QED) is 0.690. The third-order valence-corrected chi connectivity index (χ3v) is 4.47. The van der Waals surface area contributed by atoms with Crippen LogP contribution in [-0.4, -0.2) is 22.9 Å². The van der Waals surface area contributed by atoms with Crippen LogP contribution in [0.5, 0.6) is 5.75 Å². The lowest BCUT2D eigenvalue weighted by atomic mass is 10.1. The van der Waals surface area contributed by atoms with Crippen LogP contribution in [-0.2, 0) is 4.79 Å². The minimum Gasteiger partial charge on any atom is -0.478 e. The van der Waals surface area contributed by atoms with Crippen molar-refractivity contribution < 1.29 is 24.2 Å². The van der Waals surface area contributed by atoms with E-state index in [0.717, 1.165) is 4.90 Å². The Morgan fingerprint density at radius 3 is 1.86 bits per heavy atom. The SMILES string of the molecule is O=C(O)C(Oc1ccc(N2C(=O)c3ccccc3C2=O)cc1)c1ccccc1. The number of anilines is 1. The van der Waals surface area contributed by atoms with Crippen LogP contribution in [0, 0.1) is 0 Å². The van der Waals surface area contributed by atoms with Crippen molar-refractivity contribution in [3.63, 3.8) is 0 Å². The highest BCUT2D eigenvalue weighted by atomic mass is 16.5. The highest BCUT2D eigenvalue weighted by molar-refractivity contribution is 6.34. The largest absolute Gasteiger partial charge is 0.478 e.